The molecule has 0 saturated heterocycles. The highest BCUT2D eigenvalue weighted by Crippen LogP contribution is 2.42. The molecule has 3 heterocycles. The van der Waals surface area contributed by atoms with E-state index in [1.807, 2.05) is 11.3 Å². The molecule has 2 atom stereocenters. The quantitative estimate of drug-likeness (QED) is 0.240. The Balaban J connectivity index is 1.42. The summed E-state index contributed by atoms with van der Waals surface area (Å²) in [5, 5.41) is 6.21. The maximum atomic E-state index is 6.67. The van der Waals surface area contributed by atoms with Gasteiger partial charge in [0.1, 0.15) is 11.3 Å². The van der Waals surface area contributed by atoms with Crippen molar-refractivity contribution in [2.45, 2.75) is 12.8 Å². The molecule has 0 radical (unpaired) electrons. The highest BCUT2D eigenvalue weighted by Gasteiger charge is 2.23. The molecule has 8 rings (SSSR count). The van der Waals surface area contributed by atoms with Crippen molar-refractivity contribution in [2.24, 2.45) is 5.92 Å². The van der Waals surface area contributed by atoms with Gasteiger partial charge in [0.25, 0.3) is 0 Å². The van der Waals surface area contributed by atoms with Crippen LogP contribution in [0.4, 0.5) is 0 Å². The third-order valence-electron chi connectivity index (χ3n) is 7.70. The summed E-state index contributed by atoms with van der Waals surface area (Å²) in [5.41, 5.74) is 4.54. The Labute approximate surface area is 212 Å². The van der Waals surface area contributed by atoms with E-state index in [9.17, 15) is 0 Å². The molecule has 0 fully saturated rings. The lowest BCUT2D eigenvalue weighted by molar-refractivity contribution is 0.481. The molecule has 0 bridgehead atoms. The average molecular weight is 482 g/mol. The number of aromatic nitrogens is 1. The minimum atomic E-state index is 0.264. The molecule has 0 saturated carbocycles. The number of para-hydroxylation sites is 1. The van der Waals surface area contributed by atoms with Crippen LogP contribution in [0.1, 0.15) is 18.6 Å². The Morgan fingerprint density at radius 1 is 0.722 bits per heavy atom. The van der Waals surface area contributed by atoms with Crippen molar-refractivity contribution in [2.75, 3.05) is 0 Å². The summed E-state index contributed by atoms with van der Waals surface area (Å²) in [4.78, 5) is 0. The van der Waals surface area contributed by atoms with Gasteiger partial charge in [0.15, 0.2) is 0 Å². The monoisotopic (exact) mass is 481 g/mol. The van der Waals surface area contributed by atoms with Crippen LogP contribution in [0.15, 0.2) is 114 Å². The lowest BCUT2D eigenvalue weighted by Gasteiger charge is -2.17. The highest BCUT2D eigenvalue weighted by atomic mass is 32.1. The molecular formula is C33H23NOS. The molecule has 172 valence electrons. The fourth-order valence-electron chi connectivity index (χ4n) is 5.94. The normalized spacial score (nSPS) is 17.9. The van der Waals surface area contributed by atoms with Crippen molar-refractivity contribution in [1.29, 1.82) is 0 Å². The van der Waals surface area contributed by atoms with Crippen molar-refractivity contribution < 1.29 is 4.42 Å². The highest BCUT2D eigenvalue weighted by molar-refractivity contribution is 7.25. The third-order valence-corrected chi connectivity index (χ3v) is 8.85. The fourth-order valence-corrected chi connectivity index (χ4v) is 7.02. The van der Waals surface area contributed by atoms with Crippen LogP contribution in [0.3, 0.4) is 0 Å². The van der Waals surface area contributed by atoms with E-state index in [0.29, 0.717) is 5.92 Å². The maximum Gasteiger partial charge on any atom is 0.144 e. The lowest BCUT2D eigenvalue weighted by atomic mass is 9.88. The second-order valence-corrected chi connectivity index (χ2v) is 10.9. The van der Waals surface area contributed by atoms with Gasteiger partial charge in [-0.15, -0.1) is 11.3 Å². The van der Waals surface area contributed by atoms with E-state index in [2.05, 4.69) is 121 Å². The van der Waals surface area contributed by atoms with Crippen molar-refractivity contribution in [1.82, 2.24) is 4.57 Å². The lowest BCUT2D eigenvalue weighted by Crippen LogP contribution is -2.05. The number of thiophene rings is 1. The number of allylic oxidation sites excluding steroid dienone is 4. The number of furan rings is 1. The van der Waals surface area contributed by atoms with Crippen molar-refractivity contribution >= 4 is 64.3 Å². The molecule has 3 heteroatoms. The molecule has 7 aromatic rings. The van der Waals surface area contributed by atoms with Crippen LogP contribution in [0.5, 0.6) is 0 Å². The predicted octanol–water partition coefficient (Wildman–Crippen LogP) is 9.74. The minimum absolute atomic E-state index is 0.264. The van der Waals surface area contributed by atoms with E-state index in [1.54, 1.807) is 0 Å². The fraction of sp³-hybridized carbons (Fsp3) is 0.0909. The predicted molar refractivity (Wildman–Crippen MR) is 154 cm³/mol. The molecule has 0 aliphatic heterocycles. The first-order chi connectivity index (χ1) is 17.8. The zero-order chi connectivity index (χ0) is 23.8. The Morgan fingerprint density at radius 2 is 1.53 bits per heavy atom. The number of hydrogen-bond donors (Lipinski definition) is 0. The Kier molecular flexibility index (Phi) is 4.17. The smallest absolute Gasteiger partial charge is 0.144 e. The van der Waals surface area contributed by atoms with E-state index >= 15 is 0 Å². The summed E-state index contributed by atoms with van der Waals surface area (Å²) < 4.78 is 11.7. The van der Waals surface area contributed by atoms with Crippen LogP contribution in [-0.2, 0) is 0 Å². The second kappa shape index (κ2) is 7.46. The van der Waals surface area contributed by atoms with E-state index in [1.165, 1.54) is 47.7 Å². The number of fused-ring (bicyclic) bond motifs is 8. The number of rotatable bonds is 2. The van der Waals surface area contributed by atoms with Crippen molar-refractivity contribution in [3.05, 3.63) is 115 Å². The van der Waals surface area contributed by atoms with Crippen LogP contribution in [-0.4, -0.2) is 4.57 Å². The Hall–Kier alpha value is -4.08. The zero-order valence-electron chi connectivity index (χ0n) is 19.8. The molecular weight excluding hydrogens is 458 g/mol. The van der Waals surface area contributed by atoms with Gasteiger partial charge in [0.2, 0.25) is 0 Å². The summed E-state index contributed by atoms with van der Waals surface area (Å²) in [7, 11) is 0. The van der Waals surface area contributed by atoms with Gasteiger partial charge in [-0.25, -0.2) is 0 Å². The molecule has 1 aliphatic rings. The summed E-state index contributed by atoms with van der Waals surface area (Å²) in [6.07, 6.45) is 8.76. The molecule has 1 aliphatic carbocycles. The standard InChI is InChI=1S/C33H23NOS/c1-20-8-2-3-9-23(20)29-18-21-14-16-28-32(33(21)35-29)25-11-4-6-12-27(25)34(28)22-15-17-31-26(19-22)24-10-5-7-13-30(24)36-31/h2-20,23H,1H3/t20-,23+/m1/s1. The maximum absolute atomic E-state index is 6.67. The molecule has 3 aromatic heterocycles. The van der Waals surface area contributed by atoms with E-state index in [4.69, 9.17) is 4.42 Å². The van der Waals surface area contributed by atoms with Gasteiger partial charge < -0.3 is 8.98 Å². The van der Waals surface area contributed by atoms with Gasteiger partial charge >= 0.3 is 0 Å². The van der Waals surface area contributed by atoms with E-state index in [-0.39, 0.29) is 5.92 Å². The zero-order valence-corrected chi connectivity index (χ0v) is 20.6. The van der Waals surface area contributed by atoms with E-state index < -0.39 is 0 Å². The number of benzene rings is 4. The molecule has 2 nitrogen and oxygen atoms in total. The second-order valence-electron chi connectivity index (χ2n) is 9.81. The summed E-state index contributed by atoms with van der Waals surface area (Å²) in [5.74, 6) is 1.72. The van der Waals surface area contributed by atoms with E-state index in [0.717, 1.165) is 16.7 Å². The van der Waals surface area contributed by atoms with Gasteiger partial charge in [-0.05, 0) is 54.4 Å². The van der Waals surface area contributed by atoms with Crippen molar-refractivity contribution in [3.8, 4) is 5.69 Å². The Morgan fingerprint density at radius 3 is 2.44 bits per heavy atom. The molecule has 0 spiro atoms. The van der Waals surface area contributed by atoms with Crippen LogP contribution < -0.4 is 0 Å². The van der Waals surface area contributed by atoms with Gasteiger partial charge in [0, 0.05) is 42.6 Å². The Bertz CT molecular complexity index is 2030. The first-order valence-electron chi connectivity index (χ1n) is 12.5. The number of hydrogen-bond acceptors (Lipinski definition) is 2. The SMILES string of the molecule is C[C@@H]1C=CC=C[C@@H]1c1cc2ccc3c(c4ccccc4n3-c3ccc4sc5ccccc5c4c3)c2o1. The van der Waals surface area contributed by atoms with Gasteiger partial charge in [-0.2, -0.15) is 0 Å². The summed E-state index contributed by atoms with van der Waals surface area (Å²) in [6, 6.07) is 31.0. The topological polar surface area (TPSA) is 18.1 Å². The van der Waals surface area contributed by atoms with Crippen LogP contribution in [0.2, 0.25) is 0 Å². The van der Waals surface area contributed by atoms with Crippen molar-refractivity contribution in [3.63, 3.8) is 0 Å². The minimum Gasteiger partial charge on any atom is -0.460 e. The number of nitrogens with zero attached hydrogens (tertiary/aromatic N) is 1. The summed E-state index contributed by atoms with van der Waals surface area (Å²) >= 11 is 1.86. The summed E-state index contributed by atoms with van der Waals surface area (Å²) in [6.45, 7) is 2.25. The first kappa shape index (κ1) is 20.1. The molecule has 36 heavy (non-hydrogen) atoms. The van der Waals surface area contributed by atoms with Crippen LogP contribution >= 0.6 is 11.3 Å². The van der Waals surface area contributed by atoms with Gasteiger partial charge in [-0.3, -0.25) is 0 Å². The first-order valence-corrected chi connectivity index (χ1v) is 13.3. The van der Waals surface area contributed by atoms with Gasteiger partial charge in [-0.1, -0.05) is 67.6 Å². The van der Waals surface area contributed by atoms with Crippen LogP contribution in [0, 0.1) is 5.92 Å². The van der Waals surface area contributed by atoms with Gasteiger partial charge in [0.05, 0.1) is 16.4 Å². The average Bonchev–Trinajstić information content (AvgIpc) is 3.59. The third kappa shape index (κ3) is 2.78. The molecule has 4 aromatic carbocycles. The largest absolute Gasteiger partial charge is 0.460 e. The molecule has 0 N–H and O–H groups in total. The van der Waals surface area contributed by atoms with Crippen LogP contribution in [0.25, 0.3) is 58.6 Å². The molecule has 0 unspecified atom stereocenters. The molecule has 0 amide bonds.